The summed E-state index contributed by atoms with van der Waals surface area (Å²) in [5.74, 6) is 0. The van der Waals surface area contributed by atoms with Gasteiger partial charge in [0, 0.05) is 49.8 Å². The molecule has 3 heteroatoms. The zero-order valence-electron chi connectivity index (χ0n) is 27.6. The number of benzene rings is 8. The van der Waals surface area contributed by atoms with Crippen molar-refractivity contribution in [1.82, 2.24) is 9.13 Å². The molecule has 11 rings (SSSR count). The highest BCUT2D eigenvalue weighted by Crippen LogP contribution is 2.40. The van der Waals surface area contributed by atoms with Gasteiger partial charge in [-0.3, -0.25) is 0 Å². The van der Waals surface area contributed by atoms with E-state index < -0.39 is 0 Å². The van der Waals surface area contributed by atoms with Gasteiger partial charge < -0.3 is 13.6 Å². The number of rotatable bonds is 4. The summed E-state index contributed by atoms with van der Waals surface area (Å²) >= 11 is 0. The van der Waals surface area contributed by atoms with Crippen LogP contribution in [0, 0.1) is 0 Å². The van der Waals surface area contributed by atoms with Gasteiger partial charge >= 0.3 is 0 Å². The van der Waals surface area contributed by atoms with Gasteiger partial charge in [0.05, 0.1) is 22.1 Å². The lowest BCUT2D eigenvalue weighted by Gasteiger charge is -2.14. The van der Waals surface area contributed by atoms with Crippen LogP contribution < -0.4 is 0 Å². The number of hydrogen-bond donors (Lipinski definition) is 0. The summed E-state index contributed by atoms with van der Waals surface area (Å²) in [5.41, 5.74) is 13.4. The van der Waals surface area contributed by atoms with Crippen LogP contribution in [-0.4, -0.2) is 9.13 Å². The van der Waals surface area contributed by atoms with E-state index in [1.165, 1.54) is 54.8 Å². The van der Waals surface area contributed by atoms with E-state index in [1.54, 1.807) is 0 Å². The summed E-state index contributed by atoms with van der Waals surface area (Å²) in [6, 6.07) is 65.7. The Morgan fingerprint density at radius 2 is 0.784 bits per heavy atom. The molecule has 0 bridgehead atoms. The second-order valence-corrected chi connectivity index (χ2v) is 13.4. The SMILES string of the molecule is c1ccc(-c2cc(-c3ccc4c5ccccc5n(-c5ccc6c(c5)oc5ccccc56)c4c3)cc(-n3c4ccccc4c4ccccc43)c2)cc1. The molecule has 0 spiro atoms. The van der Waals surface area contributed by atoms with Gasteiger partial charge in [0.15, 0.2) is 0 Å². The largest absolute Gasteiger partial charge is 0.456 e. The molecule has 11 aromatic rings. The Morgan fingerprint density at radius 1 is 0.275 bits per heavy atom. The first-order valence-corrected chi connectivity index (χ1v) is 17.4. The normalized spacial score (nSPS) is 11.9. The molecule has 8 aromatic carbocycles. The summed E-state index contributed by atoms with van der Waals surface area (Å²) < 4.78 is 11.2. The van der Waals surface area contributed by atoms with Gasteiger partial charge in [-0.1, -0.05) is 115 Å². The molecule has 3 aromatic heterocycles. The van der Waals surface area contributed by atoms with Crippen LogP contribution in [-0.2, 0) is 0 Å². The standard InChI is InChI=1S/C48H30N2O/c1-2-12-31(13-3-1)33-26-34(28-36(27-33)50-44-19-9-4-14-37(44)38-15-5-10-20-45(38)50)32-22-24-40-39-16-6-8-18-43(39)49(46(40)29-32)35-23-25-42-41-17-7-11-21-47(41)51-48(42)30-35/h1-30H. The van der Waals surface area contributed by atoms with E-state index in [4.69, 9.17) is 4.42 Å². The van der Waals surface area contributed by atoms with Crippen molar-refractivity contribution in [3.63, 3.8) is 0 Å². The number of furan rings is 1. The van der Waals surface area contributed by atoms with Gasteiger partial charge in [0.1, 0.15) is 11.2 Å². The van der Waals surface area contributed by atoms with Gasteiger partial charge in [0.2, 0.25) is 0 Å². The zero-order valence-corrected chi connectivity index (χ0v) is 27.6. The Morgan fingerprint density at radius 3 is 1.47 bits per heavy atom. The molecule has 0 aliphatic heterocycles. The van der Waals surface area contributed by atoms with Crippen molar-refractivity contribution in [3.05, 3.63) is 182 Å². The van der Waals surface area contributed by atoms with Gasteiger partial charge in [-0.05, 0) is 82.9 Å². The fraction of sp³-hybridized carbons (Fsp3) is 0. The van der Waals surface area contributed by atoms with E-state index >= 15 is 0 Å². The average Bonchev–Trinajstić information content (AvgIpc) is 3.85. The number of hydrogen-bond acceptors (Lipinski definition) is 1. The smallest absolute Gasteiger partial charge is 0.137 e. The van der Waals surface area contributed by atoms with Crippen molar-refractivity contribution in [2.24, 2.45) is 0 Å². The van der Waals surface area contributed by atoms with Gasteiger partial charge in [0.25, 0.3) is 0 Å². The topological polar surface area (TPSA) is 23.0 Å². The monoisotopic (exact) mass is 650 g/mol. The van der Waals surface area contributed by atoms with Crippen molar-refractivity contribution in [2.75, 3.05) is 0 Å². The van der Waals surface area contributed by atoms with Gasteiger partial charge in [-0.25, -0.2) is 0 Å². The molecule has 0 unspecified atom stereocenters. The van der Waals surface area contributed by atoms with Crippen LogP contribution in [0.4, 0.5) is 0 Å². The highest BCUT2D eigenvalue weighted by molar-refractivity contribution is 6.12. The highest BCUT2D eigenvalue weighted by atomic mass is 16.3. The van der Waals surface area contributed by atoms with E-state index in [-0.39, 0.29) is 0 Å². The lowest BCUT2D eigenvalue weighted by Crippen LogP contribution is -1.96. The first-order valence-electron chi connectivity index (χ1n) is 17.4. The number of aromatic nitrogens is 2. The molecule has 0 amide bonds. The molecular weight excluding hydrogens is 621 g/mol. The van der Waals surface area contributed by atoms with E-state index in [0.717, 1.165) is 44.4 Å². The van der Waals surface area contributed by atoms with Crippen LogP contribution in [0.5, 0.6) is 0 Å². The van der Waals surface area contributed by atoms with Gasteiger partial charge in [-0.2, -0.15) is 0 Å². The minimum absolute atomic E-state index is 0.891. The maximum atomic E-state index is 6.36. The van der Waals surface area contributed by atoms with E-state index in [0.29, 0.717) is 0 Å². The molecular formula is C48H30N2O. The van der Waals surface area contributed by atoms with Crippen molar-refractivity contribution < 1.29 is 4.42 Å². The molecule has 0 saturated carbocycles. The van der Waals surface area contributed by atoms with Crippen LogP contribution >= 0.6 is 0 Å². The maximum Gasteiger partial charge on any atom is 0.137 e. The fourth-order valence-electron chi connectivity index (χ4n) is 8.19. The molecule has 0 atom stereocenters. The highest BCUT2D eigenvalue weighted by Gasteiger charge is 2.17. The number of nitrogens with zero attached hydrogens (tertiary/aromatic N) is 2. The average molecular weight is 651 g/mol. The van der Waals surface area contributed by atoms with Crippen molar-refractivity contribution >= 4 is 65.6 Å². The molecule has 0 aliphatic rings. The Kier molecular flexibility index (Phi) is 5.96. The molecule has 238 valence electrons. The predicted molar refractivity (Wildman–Crippen MR) is 213 cm³/mol. The Bertz CT molecular complexity index is 3090. The third kappa shape index (κ3) is 4.25. The summed E-state index contributed by atoms with van der Waals surface area (Å²) in [6.45, 7) is 0. The van der Waals surface area contributed by atoms with E-state index in [9.17, 15) is 0 Å². The summed E-state index contributed by atoms with van der Waals surface area (Å²) in [6.07, 6.45) is 0. The molecule has 0 aliphatic carbocycles. The third-order valence-electron chi connectivity index (χ3n) is 10.5. The van der Waals surface area contributed by atoms with Crippen LogP contribution in [0.15, 0.2) is 186 Å². The lowest BCUT2D eigenvalue weighted by molar-refractivity contribution is 0.668. The van der Waals surface area contributed by atoms with Crippen LogP contribution in [0.3, 0.4) is 0 Å². The Hall–Kier alpha value is -6.84. The minimum atomic E-state index is 0.891. The Labute approximate surface area is 293 Å². The summed E-state index contributed by atoms with van der Waals surface area (Å²) in [4.78, 5) is 0. The molecule has 0 radical (unpaired) electrons. The predicted octanol–water partition coefficient (Wildman–Crippen LogP) is 13.1. The number of fused-ring (bicyclic) bond motifs is 9. The lowest BCUT2D eigenvalue weighted by atomic mass is 9.97. The summed E-state index contributed by atoms with van der Waals surface area (Å²) in [5, 5.41) is 7.24. The third-order valence-corrected chi connectivity index (χ3v) is 10.5. The molecule has 3 heterocycles. The molecule has 0 fully saturated rings. The van der Waals surface area contributed by atoms with Crippen LogP contribution in [0.2, 0.25) is 0 Å². The maximum absolute atomic E-state index is 6.36. The van der Waals surface area contributed by atoms with Crippen LogP contribution in [0.1, 0.15) is 0 Å². The molecule has 51 heavy (non-hydrogen) atoms. The Balaban J connectivity index is 1.17. The molecule has 3 nitrogen and oxygen atoms in total. The van der Waals surface area contributed by atoms with E-state index in [2.05, 4.69) is 179 Å². The quantitative estimate of drug-likeness (QED) is 0.186. The number of para-hydroxylation sites is 4. The molecule has 0 saturated heterocycles. The minimum Gasteiger partial charge on any atom is -0.456 e. The zero-order chi connectivity index (χ0) is 33.5. The van der Waals surface area contributed by atoms with Crippen molar-refractivity contribution in [3.8, 4) is 33.6 Å². The van der Waals surface area contributed by atoms with Crippen molar-refractivity contribution in [1.29, 1.82) is 0 Å². The fourth-order valence-corrected chi connectivity index (χ4v) is 8.19. The first-order chi connectivity index (χ1) is 25.3. The first kappa shape index (κ1) is 28.0. The van der Waals surface area contributed by atoms with Gasteiger partial charge in [-0.15, -0.1) is 0 Å². The summed E-state index contributed by atoms with van der Waals surface area (Å²) in [7, 11) is 0. The second-order valence-electron chi connectivity index (χ2n) is 13.4. The van der Waals surface area contributed by atoms with Crippen molar-refractivity contribution in [2.45, 2.75) is 0 Å². The van der Waals surface area contributed by atoms with E-state index in [1.807, 2.05) is 12.1 Å². The molecule has 0 N–H and O–H groups in total. The second kappa shape index (κ2) is 10.8. The van der Waals surface area contributed by atoms with Crippen LogP contribution in [0.25, 0.3) is 99.2 Å².